The zero-order valence-corrected chi connectivity index (χ0v) is 45.1. The van der Waals surface area contributed by atoms with Gasteiger partial charge in [-0.25, -0.2) is 0 Å². The molecule has 0 amide bonds. The lowest BCUT2D eigenvalue weighted by molar-refractivity contribution is -0.123. The Kier molecular flexibility index (Phi) is 22.3. The molecule has 73 heavy (non-hydrogen) atoms. The maximum atomic E-state index is 10.5. The Bertz CT molecular complexity index is 2810. The third-order valence-electron chi connectivity index (χ3n) is 14.4. The molecule has 3 unspecified atom stereocenters. The fraction of sp³-hybridized carbons (Fsp3) is 0.406. The number of hydrogen-bond acceptors (Lipinski definition) is 8. The van der Waals surface area contributed by atoms with Gasteiger partial charge in [-0.2, -0.15) is 0 Å². The number of hydrogen-bond donors (Lipinski definition) is 6. The maximum absolute atomic E-state index is 10.5. The molecule has 5 aromatic carbocycles. The van der Waals surface area contributed by atoms with Crippen molar-refractivity contribution in [2.45, 2.75) is 171 Å². The second-order valence-electron chi connectivity index (χ2n) is 20.6. The van der Waals surface area contributed by atoms with Gasteiger partial charge in [0, 0.05) is 25.2 Å². The summed E-state index contributed by atoms with van der Waals surface area (Å²) in [5, 5.41) is 57.6. The van der Waals surface area contributed by atoms with Crippen LogP contribution in [0.1, 0.15) is 173 Å². The van der Waals surface area contributed by atoms with Crippen molar-refractivity contribution in [3.63, 3.8) is 0 Å². The van der Waals surface area contributed by atoms with E-state index in [9.17, 15) is 30.0 Å². The number of phenolic OH excluding ortho intramolecular Hbond substituents is 5. The first-order valence-electron chi connectivity index (χ1n) is 25.9. The van der Waals surface area contributed by atoms with E-state index >= 15 is 0 Å². The van der Waals surface area contributed by atoms with Crippen LogP contribution in [-0.4, -0.2) is 53.8 Å². The topological polar surface area (TPSA) is 187 Å². The van der Waals surface area contributed by atoms with Crippen LogP contribution >= 0.6 is 0 Å². The van der Waals surface area contributed by atoms with Crippen molar-refractivity contribution >= 4 is 22.7 Å². The van der Waals surface area contributed by atoms with Crippen LogP contribution in [-0.2, 0) is 9.59 Å². The van der Waals surface area contributed by atoms with Crippen molar-refractivity contribution in [3.05, 3.63) is 169 Å². The largest absolute Gasteiger partial charge is 0.508 e. The first-order chi connectivity index (χ1) is 34.1. The first kappa shape index (κ1) is 59.1. The molecule has 5 aromatic rings. The molecule has 9 heteroatoms. The van der Waals surface area contributed by atoms with Gasteiger partial charge in [0.1, 0.15) is 34.5 Å². The van der Waals surface area contributed by atoms with Crippen molar-refractivity contribution in [2.75, 3.05) is 0 Å². The van der Waals surface area contributed by atoms with E-state index in [0.29, 0.717) is 53.4 Å². The Hall–Kier alpha value is -6.42. The van der Waals surface area contributed by atoms with Crippen molar-refractivity contribution in [1.82, 2.24) is 0 Å². The number of aromatic hydroxyl groups is 5. The monoisotopic (exact) mass is 995 g/mol. The molecule has 4 aliphatic rings. The van der Waals surface area contributed by atoms with Gasteiger partial charge in [-0.3, -0.25) is 9.59 Å². The highest BCUT2D eigenvalue weighted by Gasteiger charge is 2.23. The van der Waals surface area contributed by atoms with E-state index in [1.807, 2.05) is 84.0 Å². The summed E-state index contributed by atoms with van der Waals surface area (Å²) in [7, 11) is 0. The van der Waals surface area contributed by atoms with Crippen LogP contribution in [0.5, 0.6) is 28.7 Å². The van der Waals surface area contributed by atoms with Gasteiger partial charge in [0.25, 0.3) is 0 Å². The van der Waals surface area contributed by atoms with Gasteiger partial charge in [-0.05, 0) is 277 Å². The van der Waals surface area contributed by atoms with Gasteiger partial charge in [0.05, 0.1) is 6.10 Å². The Labute approximate surface area is 435 Å². The van der Waals surface area contributed by atoms with Crippen LogP contribution in [0.15, 0.2) is 91.0 Å². The molecule has 392 valence electrons. The van der Waals surface area contributed by atoms with Crippen LogP contribution in [0.3, 0.4) is 0 Å². The summed E-state index contributed by atoms with van der Waals surface area (Å²) in [4.78, 5) is 20.9. The van der Waals surface area contributed by atoms with Crippen molar-refractivity contribution in [3.8, 4) is 28.7 Å². The minimum Gasteiger partial charge on any atom is -0.508 e. The zero-order chi connectivity index (χ0) is 52.8. The molecule has 0 radical (unpaired) electrons. The average molecular weight is 995 g/mol. The fourth-order valence-electron chi connectivity index (χ4n) is 9.98. The third-order valence-corrected chi connectivity index (χ3v) is 14.4. The molecule has 1 fully saturated rings. The number of allylic oxidation sites excluding steroid dienone is 6. The molecule has 9 nitrogen and oxygen atoms in total. The van der Waals surface area contributed by atoms with Crippen LogP contribution in [0.25, 0.3) is 11.1 Å². The lowest BCUT2D eigenvalue weighted by Gasteiger charge is -2.26. The molecule has 4 aliphatic carbocycles. The number of phenols is 5. The van der Waals surface area contributed by atoms with Gasteiger partial charge in [-0.15, -0.1) is 0 Å². The highest BCUT2D eigenvalue weighted by atomic mass is 16.3. The van der Waals surface area contributed by atoms with Gasteiger partial charge < -0.3 is 36.1 Å². The molecule has 0 aliphatic heterocycles. The predicted octanol–water partition coefficient (Wildman–Crippen LogP) is 14.3. The van der Waals surface area contributed by atoms with Gasteiger partial charge >= 0.3 is 0 Å². The molecular formula is C64H82O9. The van der Waals surface area contributed by atoms with Crippen LogP contribution in [0.2, 0.25) is 0 Å². The summed E-state index contributed by atoms with van der Waals surface area (Å²) in [6.45, 7) is 20.0. The number of aryl methyl sites for hydroxylation is 10. The highest BCUT2D eigenvalue weighted by Crippen LogP contribution is 2.42. The smallest absolute Gasteiger partial charge is 0.155 e. The molecule has 8 N–H and O–H groups in total. The van der Waals surface area contributed by atoms with E-state index in [1.165, 1.54) is 39.0 Å². The van der Waals surface area contributed by atoms with E-state index in [1.54, 1.807) is 12.1 Å². The number of carbonyl (C=O) groups excluding carboxylic acids is 2. The summed E-state index contributed by atoms with van der Waals surface area (Å²) >= 11 is 0. The Balaban J connectivity index is 0.000000218. The second kappa shape index (κ2) is 27.6. The quantitative estimate of drug-likeness (QED) is 0.103. The third kappa shape index (κ3) is 17.1. The van der Waals surface area contributed by atoms with Crippen molar-refractivity contribution in [1.29, 1.82) is 0 Å². The summed E-state index contributed by atoms with van der Waals surface area (Å²) in [5.41, 5.74) is 18.3. The maximum Gasteiger partial charge on any atom is 0.155 e. The van der Waals surface area contributed by atoms with Crippen LogP contribution < -0.4 is 0 Å². The Morgan fingerprint density at radius 2 is 0.986 bits per heavy atom. The SMILES string of the molecule is Cc1cc(C2=CC(c3cc(C)c(O)cc3C)CCC2)c(C)cc1O.Cc1cc(C2=CCCC(c3cc(C)c(O)cc3C)C2)c(C)cc1O.Cc1ccc(C)c(O)c1.O.O=C1C=CCCC1.O=C1CCCC(O)C1. The van der Waals surface area contributed by atoms with E-state index in [-0.39, 0.29) is 23.1 Å². The van der Waals surface area contributed by atoms with Crippen LogP contribution in [0, 0.1) is 69.2 Å². The van der Waals surface area contributed by atoms with E-state index < -0.39 is 0 Å². The Morgan fingerprint density at radius 1 is 0.466 bits per heavy atom. The predicted molar refractivity (Wildman–Crippen MR) is 298 cm³/mol. The zero-order valence-electron chi connectivity index (χ0n) is 45.1. The minimum atomic E-state index is -0.337. The number of benzene rings is 5. The molecule has 3 atom stereocenters. The van der Waals surface area contributed by atoms with Crippen molar-refractivity contribution < 1.29 is 45.7 Å². The molecule has 0 heterocycles. The number of ketones is 2. The fourth-order valence-corrected chi connectivity index (χ4v) is 9.98. The number of rotatable bonds is 4. The van der Waals surface area contributed by atoms with Crippen LogP contribution in [0.4, 0.5) is 0 Å². The molecule has 0 bridgehead atoms. The first-order valence-corrected chi connectivity index (χ1v) is 25.9. The lowest BCUT2D eigenvalue weighted by Crippen LogP contribution is -2.18. The number of aliphatic hydroxyl groups excluding tert-OH is 1. The molecule has 9 rings (SSSR count). The second-order valence-corrected chi connectivity index (χ2v) is 20.6. The normalized spacial score (nSPS) is 18.1. The molecule has 1 saturated carbocycles. The van der Waals surface area contributed by atoms with Gasteiger partial charge in [0.15, 0.2) is 5.78 Å². The summed E-state index contributed by atoms with van der Waals surface area (Å²) in [6.07, 6.45) is 20.3. The average Bonchev–Trinajstić information content (AvgIpc) is 3.33. The molecule has 0 aromatic heterocycles. The highest BCUT2D eigenvalue weighted by molar-refractivity contribution is 5.90. The molecule has 0 spiro atoms. The summed E-state index contributed by atoms with van der Waals surface area (Å²) in [5.74, 6) is 3.25. The number of carbonyl (C=O) groups is 2. The standard InChI is InChI=1S/2C22H26O2.C8H10O.C6H10O2.C6H8O.H2O/c2*1-13-10-21(23)15(3)8-19(13)17-6-5-7-18(12-17)20-9-16(4)22(24)11-14(20)2;1-6-3-4-7(2)8(9)5-6;7-5-2-1-3-6(8)4-5;7-6-4-2-1-3-5-6;/h8-12,17,23-24H,5-7H2,1-4H3;6,8-11,18,23-24H,5,7,12H2,1-4H3;3-5,9H,1-2H3;5,7H,1-4H2;2,4H,1,3,5H2;1H2. The number of Topliss-reactive ketones (excluding diaryl/α,β-unsaturated/α-hetero) is 1. The lowest BCUT2D eigenvalue weighted by atomic mass is 9.79. The van der Waals surface area contributed by atoms with E-state index in [4.69, 9.17) is 10.2 Å². The Morgan fingerprint density at radius 3 is 1.48 bits per heavy atom. The van der Waals surface area contributed by atoms with Crippen molar-refractivity contribution in [2.24, 2.45) is 0 Å². The number of aliphatic hydroxyl groups is 1. The summed E-state index contributed by atoms with van der Waals surface area (Å²) < 4.78 is 0. The minimum absolute atomic E-state index is 0. The van der Waals surface area contributed by atoms with E-state index in [2.05, 4.69) is 64.1 Å². The van der Waals surface area contributed by atoms with Gasteiger partial charge in [0.2, 0.25) is 0 Å². The molecular weight excluding hydrogens is 913 g/mol. The molecule has 0 saturated heterocycles. The van der Waals surface area contributed by atoms with E-state index in [0.717, 1.165) is 121 Å². The summed E-state index contributed by atoms with van der Waals surface area (Å²) in [6, 6.07) is 21.6. The van der Waals surface area contributed by atoms with Gasteiger partial charge in [-0.1, -0.05) is 42.5 Å².